The van der Waals surface area contributed by atoms with Gasteiger partial charge in [-0.05, 0) is 31.0 Å². The van der Waals surface area contributed by atoms with E-state index in [1.54, 1.807) is 13.0 Å². The number of nitrogens with one attached hydrogen (secondary N) is 1. The number of anilines is 1. The maximum absolute atomic E-state index is 11.9. The van der Waals surface area contributed by atoms with Gasteiger partial charge in [-0.25, -0.2) is 13.1 Å². The zero-order chi connectivity index (χ0) is 14.7. The van der Waals surface area contributed by atoms with Gasteiger partial charge in [0.1, 0.15) is 0 Å². The average Bonchev–Trinajstić information content (AvgIpc) is 2.27. The van der Waals surface area contributed by atoms with Gasteiger partial charge in [0, 0.05) is 18.7 Å². The van der Waals surface area contributed by atoms with E-state index in [0.717, 1.165) is 0 Å². The summed E-state index contributed by atoms with van der Waals surface area (Å²) in [5, 5.41) is 0. The Morgan fingerprint density at radius 3 is 2.53 bits per heavy atom. The molecule has 0 fully saturated rings. The maximum atomic E-state index is 11.9. The number of hydrogen-bond acceptors (Lipinski definition) is 3. The van der Waals surface area contributed by atoms with Gasteiger partial charge in [-0.3, -0.25) is 0 Å². The molecule has 0 spiro atoms. The molecule has 0 aliphatic carbocycles. The van der Waals surface area contributed by atoms with Crippen molar-refractivity contribution in [1.29, 1.82) is 0 Å². The van der Waals surface area contributed by atoms with Gasteiger partial charge in [0.15, 0.2) is 0 Å². The van der Waals surface area contributed by atoms with Gasteiger partial charge < -0.3 is 5.73 Å². The Morgan fingerprint density at radius 2 is 1.95 bits per heavy atom. The molecule has 19 heavy (non-hydrogen) atoms. The van der Waals surface area contributed by atoms with Gasteiger partial charge in [-0.15, -0.1) is 0 Å². The van der Waals surface area contributed by atoms with Gasteiger partial charge in [0.2, 0.25) is 10.0 Å². The SMILES string of the molecule is Cc1c(N)cccc1S(=O)(=O)NCCCC(F)(F)F. The fourth-order valence-electron chi connectivity index (χ4n) is 1.50. The summed E-state index contributed by atoms with van der Waals surface area (Å²) in [6.07, 6.45) is -5.60. The van der Waals surface area contributed by atoms with Gasteiger partial charge in [-0.1, -0.05) is 6.07 Å². The molecule has 8 heteroatoms. The third kappa shape index (κ3) is 4.71. The van der Waals surface area contributed by atoms with E-state index in [1.807, 2.05) is 0 Å². The summed E-state index contributed by atoms with van der Waals surface area (Å²) < 4.78 is 61.7. The van der Waals surface area contributed by atoms with Crippen LogP contribution in [0.15, 0.2) is 23.1 Å². The minimum atomic E-state index is -4.28. The maximum Gasteiger partial charge on any atom is 0.389 e. The van der Waals surface area contributed by atoms with Crippen LogP contribution >= 0.6 is 0 Å². The molecule has 0 saturated carbocycles. The van der Waals surface area contributed by atoms with E-state index in [4.69, 9.17) is 5.73 Å². The average molecular weight is 296 g/mol. The third-order valence-electron chi connectivity index (χ3n) is 2.54. The largest absolute Gasteiger partial charge is 0.398 e. The molecular formula is C11H15F3N2O2S. The van der Waals surface area contributed by atoms with Crippen molar-refractivity contribution in [3.63, 3.8) is 0 Å². The second kappa shape index (κ2) is 5.79. The fourth-order valence-corrected chi connectivity index (χ4v) is 2.84. The second-order valence-electron chi connectivity index (χ2n) is 4.09. The summed E-state index contributed by atoms with van der Waals surface area (Å²) in [6, 6.07) is 4.39. The molecule has 0 aromatic heterocycles. The van der Waals surface area contributed by atoms with Crippen LogP contribution in [0.2, 0.25) is 0 Å². The van der Waals surface area contributed by atoms with Crippen molar-refractivity contribution in [3.8, 4) is 0 Å². The molecule has 0 aliphatic heterocycles. The van der Waals surface area contributed by atoms with Gasteiger partial charge >= 0.3 is 6.18 Å². The van der Waals surface area contributed by atoms with E-state index in [1.165, 1.54) is 12.1 Å². The summed E-state index contributed by atoms with van der Waals surface area (Å²) in [6.45, 7) is 1.27. The smallest absolute Gasteiger partial charge is 0.389 e. The molecule has 1 rings (SSSR count). The van der Waals surface area contributed by atoms with E-state index in [9.17, 15) is 21.6 Å². The molecule has 0 radical (unpaired) electrons. The van der Waals surface area contributed by atoms with Crippen molar-refractivity contribution in [1.82, 2.24) is 4.72 Å². The van der Waals surface area contributed by atoms with Crippen LogP contribution in [0, 0.1) is 6.92 Å². The lowest BCUT2D eigenvalue weighted by Gasteiger charge is -2.11. The van der Waals surface area contributed by atoms with Gasteiger partial charge in [0.05, 0.1) is 4.90 Å². The van der Waals surface area contributed by atoms with Crippen molar-refractivity contribution >= 4 is 15.7 Å². The third-order valence-corrected chi connectivity index (χ3v) is 4.15. The molecule has 0 atom stereocenters. The van der Waals surface area contributed by atoms with Crippen molar-refractivity contribution in [2.75, 3.05) is 12.3 Å². The fraction of sp³-hybridized carbons (Fsp3) is 0.455. The van der Waals surface area contributed by atoms with Gasteiger partial charge in [0.25, 0.3) is 0 Å². The van der Waals surface area contributed by atoms with Crippen molar-refractivity contribution in [2.45, 2.75) is 30.8 Å². The molecule has 0 saturated heterocycles. The van der Waals surface area contributed by atoms with E-state index >= 15 is 0 Å². The highest BCUT2D eigenvalue weighted by atomic mass is 32.2. The first-order chi connectivity index (χ1) is 8.63. The van der Waals surface area contributed by atoms with E-state index in [0.29, 0.717) is 11.3 Å². The number of hydrogen-bond donors (Lipinski definition) is 2. The minimum Gasteiger partial charge on any atom is -0.398 e. The summed E-state index contributed by atoms with van der Waals surface area (Å²) in [5.41, 5.74) is 6.29. The van der Waals surface area contributed by atoms with Crippen molar-refractivity contribution in [3.05, 3.63) is 23.8 Å². The summed E-state index contributed by atoms with van der Waals surface area (Å²) in [5.74, 6) is 0. The van der Waals surface area contributed by atoms with Crippen LogP contribution in [0.5, 0.6) is 0 Å². The molecule has 0 bridgehead atoms. The summed E-state index contributed by atoms with van der Waals surface area (Å²) >= 11 is 0. The lowest BCUT2D eigenvalue weighted by molar-refractivity contribution is -0.135. The molecule has 4 nitrogen and oxygen atoms in total. The highest BCUT2D eigenvalue weighted by molar-refractivity contribution is 7.89. The van der Waals surface area contributed by atoms with Crippen molar-refractivity contribution in [2.24, 2.45) is 0 Å². The topological polar surface area (TPSA) is 72.2 Å². The van der Waals surface area contributed by atoms with Crippen LogP contribution in [0.1, 0.15) is 18.4 Å². The number of halogens is 3. The summed E-state index contributed by atoms with van der Waals surface area (Å²) in [7, 11) is -3.83. The summed E-state index contributed by atoms with van der Waals surface area (Å²) in [4.78, 5) is -0.0143. The van der Waals surface area contributed by atoms with Crippen LogP contribution in [0.4, 0.5) is 18.9 Å². The van der Waals surface area contributed by atoms with Crippen LogP contribution in [-0.2, 0) is 10.0 Å². The van der Waals surface area contributed by atoms with Gasteiger partial charge in [-0.2, -0.15) is 13.2 Å². The first-order valence-electron chi connectivity index (χ1n) is 5.55. The van der Waals surface area contributed by atoms with Crippen LogP contribution in [-0.4, -0.2) is 21.1 Å². The molecular weight excluding hydrogens is 281 g/mol. The molecule has 0 aliphatic rings. The number of alkyl halides is 3. The quantitative estimate of drug-likeness (QED) is 0.646. The van der Waals surface area contributed by atoms with Crippen LogP contribution in [0.25, 0.3) is 0 Å². The minimum absolute atomic E-state index is 0.0143. The van der Waals surface area contributed by atoms with Crippen molar-refractivity contribution < 1.29 is 21.6 Å². The van der Waals surface area contributed by atoms with Crippen LogP contribution in [0.3, 0.4) is 0 Å². The zero-order valence-electron chi connectivity index (χ0n) is 10.3. The number of sulfonamides is 1. The zero-order valence-corrected chi connectivity index (χ0v) is 11.1. The Bertz CT molecular complexity index is 541. The number of nitrogen functional groups attached to an aromatic ring is 1. The highest BCUT2D eigenvalue weighted by Crippen LogP contribution is 2.22. The Kier molecular flexibility index (Phi) is 4.81. The van der Waals surface area contributed by atoms with E-state index in [2.05, 4.69) is 4.72 Å². The first-order valence-corrected chi connectivity index (χ1v) is 7.03. The number of rotatable bonds is 5. The Hall–Kier alpha value is -1.28. The predicted molar refractivity (Wildman–Crippen MR) is 66.1 cm³/mol. The number of benzene rings is 1. The standard InChI is InChI=1S/C11H15F3N2O2S/c1-8-9(15)4-2-5-10(8)19(17,18)16-7-3-6-11(12,13)14/h2,4-5,16H,3,6-7,15H2,1H3. The monoisotopic (exact) mass is 296 g/mol. The normalized spacial score (nSPS) is 12.6. The second-order valence-corrected chi connectivity index (χ2v) is 5.82. The Balaban J connectivity index is 2.69. The lowest BCUT2D eigenvalue weighted by atomic mass is 10.2. The highest BCUT2D eigenvalue weighted by Gasteiger charge is 2.26. The van der Waals surface area contributed by atoms with E-state index < -0.39 is 22.6 Å². The lowest BCUT2D eigenvalue weighted by Crippen LogP contribution is -2.26. The predicted octanol–water partition coefficient (Wildman–Crippen LogP) is 2.20. The van der Waals surface area contributed by atoms with Crippen LogP contribution < -0.4 is 10.5 Å². The Morgan fingerprint density at radius 1 is 1.32 bits per heavy atom. The van der Waals surface area contributed by atoms with E-state index in [-0.39, 0.29) is 17.9 Å². The molecule has 1 aromatic rings. The molecule has 0 heterocycles. The Labute approximate surface area is 109 Å². The molecule has 108 valence electrons. The molecule has 0 amide bonds. The molecule has 3 N–H and O–H groups in total. The molecule has 1 aromatic carbocycles. The first kappa shape index (κ1) is 15.8. The number of nitrogens with two attached hydrogens (primary N) is 1. The molecule has 0 unspecified atom stereocenters.